The molecule has 2 aliphatic rings. The molecular weight excluding hydrogens is 1090 g/mol. The van der Waals surface area contributed by atoms with Gasteiger partial charge in [0.2, 0.25) is 0 Å². The molecule has 0 fully saturated rings. The molecule has 0 N–H and O–H groups in total. The minimum atomic E-state index is -0.519. The number of rotatable bonds is 12. The summed E-state index contributed by atoms with van der Waals surface area (Å²) >= 11 is 0. The summed E-state index contributed by atoms with van der Waals surface area (Å²) in [5.74, 6) is 0.846. The van der Waals surface area contributed by atoms with Crippen LogP contribution >= 0.6 is 0 Å². The third kappa shape index (κ3) is 10.1. The number of carbonyl (C=O) groups excluding carboxylic acids is 4. The Morgan fingerprint density at radius 2 is 0.489 bits per heavy atom. The molecule has 440 valence electrons. The van der Waals surface area contributed by atoms with Gasteiger partial charge in [-0.05, 0) is 128 Å². The van der Waals surface area contributed by atoms with E-state index >= 15 is 19.2 Å². The van der Waals surface area contributed by atoms with Gasteiger partial charge < -0.3 is 18.9 Å². The van der Waals surface area contributed by atoms with E-state index < -0.39 is 23.6 Å². The van der Waals surface area contributed by atoms with Crippen LogP contribution in [0.2, 0.25) is 0 Å². The lowest BCUT2D eigenvalue weighted by Gasteiger charge is -2.32. The van der Waals surface area contributed by atoms with Crippen molar-refractivity contribution in [2.45, 2.75) is 118 Å². The van der Waals surface area contributed by atoms with Gasteiger partial charge in [0.25, 0.3) is 23.6 Å². The Labute approximate surface area is 513 Å². The van der Waals surface area contributed by atoms with E-state index in [1.165, 1.54) is 9.80 Å². The molecule has 4 amide bonds. The molecule has 0 atom stereocenters. The highest BCUT2D eigenvalue weighted by atomic mass is 16.5. The molecule has 0 saturated heterocycles. The highest BCUT2D eigenvalue weighted by Gasteiger charge is 2.42. The topological polar surface area (TPSA) is 112 Å². The molecule has 0 unspecified atom stereocenters. The van der Waals surface area contributed by atoms with Gasteiger partial charge >= 0.3 is 0 Å². The second-order valence-corrected chi connectivity index (χ2v) is 27.6. The fourth-order valence-electron chi connectivity index (χ4n) is 12.3. The zero-order valence-corrected chi connectivity index (χ0v) is 51.9. The Morgan fingerprint density at radius 1 is 0.273 bits per heavy atom. The maximum absolute atomic E-state index is 15.7. The van der Waals surface area contributed by atoms with Gasteiger partial charge in [-0.2, -0.15) is 0 Å². The van der Waals surface area contributed by atoms with Crippen molar-refractivity contribution in [3.05, 3.63) is 238 Å². The molecule has 0 aromatic heterocycles. The van der Waals surface area contributed by atoms with Gasteiger partial charge in [-0.25, -0.2) is 0 Å². The Bertz CT molecular complexity index is 4070. The van der Waals surface area contributed by atoms with Crippen LogP contribution in [0.25, 0.3) is 43.1 Å². The molecule has 0 radical (unpaired) electrons. The van der Waals surface area contributed by atoms with E-state index in [1.54, 1.807) is 24.3 Å². The van der Waals surface area contributed by atoms with Gasteiger partial charge in [0, 0.05) is 43.1 Å². The first kappa shape index (κ1) is 57.3. The highest BCUT2D eigenvalue weighted by Crippen LogP contribution is 2.58. The third-order valence-electron chi connectivity index (χ3n) is 17.2. The van der Waals surface area contributed by atoms with E-state index in [-0.39, 0.29) is 80.0 Å². The van der Waals surface area contributed by atoms with E-state index in [0.717, 1.165) is 33.4 Å². The van der Waals surface area contributed by atoms with Crippen LogP contribution in [0.1, 0.15) is 158 Å². The van der Waals surface area contributed by atoms with Crippen molar-refractivity contribution in [2.75, 3.05) is 0 Å². The van der Waals surface area contributed by atoms with Crippen molar-refractivity contribution >= 4 is 66.7 Å². The van der Waals surface area contributed by atoms with Crippen LogP contribution in [0, 0.1) is 0 Å². The molecule has 0 saturated carbocycles. The molecular formula is C78H70N2O8. The van der Waals surface area contributed by atoms with Gasteiger partial charge in [-0.15, -0.1) is 0 Å². The molecule has 13 rings (SSSR count). The summed E-state index contributed by atoms with van der Waals surface area (Å²) < 4.78 is 29.1. The van der Waals surface area contributed by atoms with Crippen molar-refractivity contribution in [3.63, 3.8) is 0 Å². The van der Waals surface area contributed by atoms with Gasteiger partial charge in [0.05, 0.1) is 35.3 Å². The molecule has 0 aliphatic carbocycles. The SMILES string of the molecule is CC(C)(C)c1ccc(Oc2cc3c4c(cc(Oc5ccc(C(C)(C)C)cc5)c5c6c(Oc7ccc(C(C)(C)C)cc7)cc7c8c(cc(Oc9ccc(C(C)(C)C)cc9)c(c2c45)c86)C(=O)N(Cc2ccccc2)C7=O)C(=O)N(Cc2ccccc2)C3=O)cc1. The molecule has 0 spiro atoms. The maximum atomic E-state index is 15.7. The highest BCUT2D eigenvalue weighted by molar-refractivity contribution is 6.44. The zero-order chi connectivity index (χ0) is 61.9. The summed E-state index contributed by atoms with van der Waals surface area (Å²) in [5, 5.41) is 3.45. The van der Waals surface area contributed by atoms with Gasteiger partial charge in [-0.1, -0.05) is 192 Å². The van der Waals surface area contributed by atoms with Crippen LogP contribution in [0.3, 0.4) is 0 Å². The number of ether oxygens (including phenoxy) is 4. The van der Waals surface area contributed by atoms with Crippen LogP contribution in [0.15, 0.2) is 182 Å². The van der Waals surface area contributed by atoms with Crippen LogP contribution < -0.4 is 18.9 Å². The maximum Gasteiger partial charge on any atom is 0.261 e. The van der Waals surface area contributed by atoms with Crippen molar-refractivity contribution in [2.24, 2.45) is 0 Å². The van der Waals surface area contributed by atoms with E-state index in [2.05, 4.69) is 83.1 Å². The van der Waals surface area contributed by atoms with Gasteiger partial charge in [0.15, 0.2) is 0 Å². The van der Waals surface area contributed by atoms with Crippen LogP contribution in [-0.4, -0.2) is 33.4 Å². The lowest BCUT2D eigenvalue weighted by molar-refractivity contribution is 0.0583. The number of hydrogen-bond acceptors (Lipinski definition) is 8. The van der Waals surface area contributed by atoms with Crippen molar-refractivity contribution in [1.82, 2.24) is 9.80 Å². The molecule has 88 heavy (non-hydrogen) atoms. The monoisotopic (exact) mass is 1160 g/mol. The Kier molecular flexibility index (Phi) is 13.7. The number of fused-ring (bicyclic) bond motifs is 2. The molecule has 11 aromatic carbocycles. The summed E-state index contributed by atoms with van der Waals surface area (Å²) in [7, 11) is 0. The van der Waals surface area contributed by atoms with Crippen molar-refractivity contribution in [1.29, 1.82) is 0 Å². The number of amides is 4. The number of nitrogens with zero attached hydrogens (tertiary/aromatic N) is 2. The second kappa shape index (κ2) is 21.0. The van der Waals surface area contributed by atoms with Gasteiger partial charge in [0.1, 0.15) is 46.0 Å². The molecule has 10 nitrogen and oxygen atoms in total. The molecule has 10 heteroatoms. The Hall–Kier alpha value is -9.80. The Balaban J connectivity index is 1.21. The normalized spacial score (nSPS) is 13.8. The number of carbonyl (C=O) groups is 4. The minimum Gasteiger partial charge on any atom is -0.457 e. The Morgan fingerprint density at radius 3 is 0.693 bits per heavy atom. The number of benzene rings is 11. The first-order chi connectivity index (χ1) is 41.8. The van der Waals surface area contributed by atoms with Crippen molar-refractivity contribution < 1.29 is 38.1 Å². The lowest BCUT2D eigenvalue weighted by atomic mass is 9.80. The van der Waals surface area contributed by atoms with E-state index in [0.29, 0.717) is 66.1 Å². The fraction of sp³-hybridized carbons (Fsp3) is 0.231. The summed E-state index contributed by atoms with van der Waals surface area (Å²) in [6.07, 6.45) is 0. The quantitative estimate of drug-likeness (QED) is 0.0676. The van der Waals surface area contributed by atoms with Crippen LogP contribution in [-0.2, 0) is 34.7 Å². The van der Waals surface area contributed by atoms with E-state index in [1.807, 2.05) is 158 Å². The van der Waals surface area contributed by atoms with Crippen LogP contribution in [0.4, 0.5) is 0 Å². The predicted octanol–water partition coefficient (Wildman–Crippen LogP) is 19.7. The summed E-state index contributed by atoms with van der Waals surface area (Å²) in [6.45, 7) is 25.8. The van der Waals surface area contributed by atoms with Crippen molar-refractivity contribution in [3.8, 4) is 46.0 Å². The smallest absolute Gasteiger partial charge is 0.261 e. The predicted molar refractivity (Wildman–Crippen MR) is 350 cm³/mol. The minimum absolute atomic E-state index is 0.00706. The fourth-order valence-corrected chi connectivity index (χ4v) is 12.3. The van der Waals surface area contributed by atoms with E-state index in [4.69, 9.17) is 18.9 Å². The van der Waals surface area contributed by atoms with E-state index in [9.17, 15) is 0 Å². The summed E-state index contributed by atoms with van der Waals surface area (Å²) in [4.78, 5) is 65.4. The zero-order valence-electron chi connectivity index (χ0n) is 51.9. The van der Waals surface area contributed by atoms with Crippen LogP contribution in [0.5, 0.6) is 46.0 Å². The van der Waals surface area contributed by atoms with Gasteiger partial charge in [-0.3, -0.25) is 29.0 Å². The lowest BCUT2D eigenvalue weighted by Crippen LogP contribution is -2.40. The second-order valence-electron chi connectivity index (χ2n) is 27.6. The average Bonchev–Trinajstić information content (AvgIpc) is 0.675. The number of imide groups is 2. The summed E-state index contributed by atoms with van der Waals surface area (Å²) in [5.41, 5.74) is 6.07. The molecule has 11 aromatic rings. The standard InChI is InChI=1S/C78H70N2O8/c1-75(2,3)47-23-31-51(32-24-47)85-59-39-55-63-56(72(82)79(71(55)81)43-45-19-15-13-16-20-45)41-61(87-53-35-27-49(28-36-53)77(7,8)9)67-68-62(88-54-37-29-50(30-38-54)78(10,11)12)42-58-64-57(73(83)80(74(58)84)44-46-21-17-14-18-22-46)40-60(66(70(64)68)65(59)69(63)67)86-52-33-25-48(26-34-52)76(4,5)6/h13-42H,43-44H2,1-12H3. The average molecular weight is 1160 g/mol. The largest absolute Gasteiger partial charge is 0.457 e. The molecule has 2 aliphatic heterocycles. The first-order valence-corrected chi connectivity index (χ1v) is 30.1. The molecule has 0 bridgehead atoms. The first-order valence-electron chi connectivity index (χ1n) is 30.1. The third-order valence-corrected chi connectivity index (χ3v) is 17.2. The summed E-state index contributed by atoms with van der Waals surface area (Å²) in [6, 6.07) is 57.4. The number of hydrogen-bond donors (Lipinski definition) is 0. The molecule has 2 heterocycles.